The average Bonchev–Trinajstić information content (AvgIpc) is 3.22. The lowest BCUT2D eigenvalue weighted by Crippen LogP contribution is -2.28. The van der Waals surface area contributed by atoms with Crippen LogP contribution >= 0.6 is 7.82 Å². The van der Waals surface area contributed by atoms with Crippen LogP contribution in [0.2, 0.25) is 0 Å². The van der Waals surface area contributed by atoms with E-state index in [1.807, 2.05) is 0 Å². The number of allylic oxidation sites excluding steroid dienone is 8. The van der Waals surface area contributed by atoms with Gasteiger partial charge in [0.25, 0.3) is 0 Å². The fourth-order valence-corrected chi connectivity index (χ4v) is 7.24. The molecule has 0 amide bonds. The average molecular weight is 855 g/mol. The Bertz CT molecular complexity index is 1120. The number of aliphatic hydroxyl groups excluding tert-OH is 2. The first kappa shape index (κ1) is 56.9. The molecule has 0 heterocycles. The summed E-state index contributed by atoms with van der Waals surface area (Å²) in [7, 11) is -4.65. The van der Waals surface area contributed by atoms with Crippen molar-refractivity contribution in [3.8, 4) is 0 Å². The standard InChI is InChI=1S/C48H87O10P/c1-3-5-7-9-11-13-15-17-19-20-21-22-23-24-26-28-30-32-34-36-38-40-48(52)58-46(42-50)44-56-59(53,54)55-43-45(41-49)57-47(51)39-37-35-33-31-29-27-25-18-16-14-12-10-8-6-4-2/h6,8,12,14,18,25,29,31,45-46,49-50H,3-5,7,9-11,13,15-17,19-24,26-28,30,32-44H2,1-2H3,(H,53,54)/b8-6-,14-12-,25-18-,31-29-. The number of unbranched alkanes of at least 4 members (excludes halogenated alkanes) is 22. The molecular weight excluding hydrogens is 767 g/mol. The Morgan fingerprint density at radius 2 is 0.797 bits per heavy atom. The third kappa shape index (κ3) is 42.4. The first-order valence-corrected chi connectivity index (χ1v) is 25.1. The molecule has 59 heavy (non-hydrogen) atoms. The molecule has 0 saturated carbocycles. The van der Waals surface area contributed by atoms with Crippen LogP contribution in [0.5, 0.6) is 0 Å². The zero-order chi connectivity index (χ0) is 43.3. The van der Waals surface area contributed by atoms with Crippen molar-refractivity contribution >= 4 is 19.8 Å². The number of carbonyl (C=O) groups is 2. The summed E-state index contributed by atoms with van der Waals surface area (Å²) in [4.78, 5) is 34.6. The van der Waals surface area contributed by atoms with E-state index in [2.05, 4.69) is 62.5 Å². The third-order valence-corrected chi connectivity index (χ3v) is 11.0. The van der Waals surface area contributed by atoms with Crippen molar-refractivity contribution in [1.82, 2.24) is 0 Å². The summed E-state index contributed by atoms with van der Waals surface area (Å²) in [6, 6.07) is 0. The number of aliphatic hydroxyl groups is 2. The van der Waals surface area contributed by atoms with Gasteiger partial charge >= 0.3 is 19.8 Å². The quantitative estimate of drug-likeness (QED) is 0.0234. The third-order valence-electron chi connectivity index (χ3n) is 10.1. The molecule has 0 aliphatic carbocycles. The van der Waals surface area contributed by atoms with Crippen molar-refractivity contribution in [2.75, 3.05) is 26.4 Å². The highest BCUT2D eigenvalue weighted by Gasteiger charge is 2.27. The maximum atomic E-state index is 12.4. The van der Waals surface area contributed by atoms with Gasteiger partial charge in [-0.1, -0.05) is 191 Å². The summed E-state index contributed by atoms with van der Waals surface area (Å²) in [5.41, 5.74) is 0. The second-order valence-corrected chi connectivity index (χ2v) is 17.2. The summed E-state index contributed by atoms with van der Waals surface area (Å²) in [5.74, 6) is -1.06. The molecule has 11 heteroatoms. The molecule has 0 rings (SSSR count). The molecule has 3 atom stereocenters. The minimum absolute atomic E-state index is 0.139. The van der Waals surface area contributed by atoms with Crippen molar-refractivity contribution < 1.29 is 47.8 Å². The number of hydrogen-bond donors (Lipinski definition) is 3. The lowest BCUT2D eigenvalue weighted by molar-refractivity contribution is -0.153. The molecule has 0 aromatic heterocycles. The number of phosphoric ester groups is 1. The van der Waals surface area contributed by atoms with Crippen LogP contribution in [-0.2, 0) is 32.7 Å². The van der Waals surface area contributed by atoms with Gasteiger partial charge in [-0.05, 0) is 51.4 Å². The van der Waals surface area contributed by atoms with E-state index in [1.54, 1.807) is 0 Å². The minimum Gasteiger partial charge on any atom is -0.457 e. The molecular formula is C48H87O10P. The monoisotopic (exact) mass is 855 g/mol. The van der Waals surface area contributed by atoms with E-state index < -0.39 is 58.4 Å². The van der Waals surface area contributed by atoms with Crippen LogP contribution < -0.4 is 0 Å². The number of rotatable bonds is 44. The van der Waals surface area contributed by atoms with Crippen LogP contribution in [0.3, 0.4) is 0 Å². The molecule has 0 saturated heterocycles. The molecule has 344 valence electrons. The molecule has 0 aromatic rings. The molecule has 0 fully saturated rings. The Labute approximate surface area is 360 Å². The SMILES string of the molecule is CC/C=C\C/C=C\C/C=C\C/C=C\CCCCC(=O)OC(CO)COP(=O)(O)OCC(CO)OC(=O)CCCCCCCCCCCCCCCCCCCCCCC. The van der Waals surface area contributed by atoms with Crippen LogP contribution in [0.1, 0.15) is 206 Å². The van der Waals surface area contributed by atoms with Gasteiger partial charge in [0.1, 0.15) is 12.2 Å². The molecule has 0 spiro atoms. The highest BCUT2D eigenvalue weighted by atomic mass is 31.2. The van der Waals surface area contributed by atoms with Crippen molar-refractivity contribution in [3.63, 3.8) is 0 Å². The number of phosphoric acid groups is 1. The lowest BCUT2D eigenvalue weighted by Gasteiger charge is -2.20. The topological polar surface area (TPSA) is 149 Å². The summed E-state index contributed by atoms with van der Waals surface area (Å²) in [6.45, 7) is 2.07. The van der Waals surface area contributed by atoms with E-state index >= 15 is 0 Å². The highest BCUT2D eigenvalue weighted by Crippen LogP contribution is 2.43. The van der Waals surface area contributed by atoms with Gasteiger partial charge in [-0.15, -0.1) is 0 Å². The van der Waals surface area contributed by atoms with E-state index in [4.69, 9.17) is 18.5 Å². The van der Waals surface area contributed by atoms with Crippen molar-refractivity contribution in [1.29, 1.82) is 0 Å². The van der Waals surface area contributed by atoms with Gasteiger partial charge in [0.2, 0.25) is 0 Å². The van der Waals surface area contributed by atoms with Crippen LogP contribution in [0.4, 0.5) is 0 Å². The summed E-state index contributed by atoms with van der Waals surface area (Å²) >= 11 is 0. The number of carbonyl (C=O) groups excluding carboxylic acids is 2. The molecule has 3 N–H and O–H groups in total. The van der Waals surface area contributed by atoms with Gasteiger partial charge < -0.3 is 24.6 Å². The van der Waals surface area contributed by atoms with Gasteiger partial charge in [-0.25, -0.2) is 4.57 Å². The van der Waals surface area contributed by atoms with Gasteiger partial charge in [-0.2, -0.15) is 0 Å². The molecule has 10 nitrogen and oxygen atoms in total. The van der Waals surface area contributed by atoms with E-state index in [0.29, 0.717) is 12.8 Å². The van der Waals surface area contributed by atoms with Crippen molar-refractivity contribution in [2.24, 2.45) is 0 Å². The first-order valence-electron chi connectivity index (χ1n) is 23.6. The molecule has 0 bridgehead atoms. The Kier molecular flexibility index (Phi) is 42.5. The number of hydrogen-bond acceptors (Lipinski definition) is 9. The van der Waals surface area contributed by atoms with E-state index in [-0.39, 0.29) is 12.8 Å². The predicted octanol–water partition coefficient (Wildman–Crippen LogP) is 12.9. The van der Waals surface area contributed by atoms with Gasteiger partial charge in [0.05, 0.1) is 26.4 Å². The lowest BCUT2D eigenvalue weighted by atomic mass is 10.0. The zero-order valence-corrected chi connectivity index (χ0v) is 38.4. The van der Waals surface area contributed by atoms with E-state index in [1.165, 1.54) is 109 Å². The van der Waals surface area contributed by atoms with E-state index in [0.717, 1.165) is 57.8 Å². The number of esters is 2. The Morgan fingerprint density at radius 3 is 1.15 bits per heavy atom. The molecule has 0 aromatic carbocycles. The van der Waals surface area contributed by atoms with Gasteiger partial charge in [-0.3, -0.25) is 18.6 Å². The fraction of sp³-hybridized carbons (Fsp3) is 0.792. The van der Waals surface area contributed by atoms with Crippen LogP contribution in [0, 0.1) is 0 Å². The Balaban J connectivity index is 3.88. The second-order valence-electron chi connectivity index (χ2n) is 15.7. The Hall–Kier alpha value is -2.07. The van der Waals surface area contributed by atoms with Crippen molar-refractivity contribution in [2.45, 2.75) is 219 Å². The maximum Gasteiger partial charge on any atom is 0.472 e. The highest BCUT2D eigenvalue weighted by molar-refractivity contribution is 7.47. The summed E-state index contributed by atoms with van der Waals surface area (Å²) in [6.07, 6.45) is 48.1. The molecule has 3 unspecified atom stereocenters. The summed E-state index contributed by atoms with van der Waals surface area (Å²) in [5, 5.41) is 19.2. The molecule has 0 aliphatic rings. The summed E-state index contributed by atoms with van der Waals surface area (Å²) < 4.78 is 32.6. The maximum absolute atomic E-state index is 12.4. The van der Waals surface area contributed by atoms with Crippen LogP contribution in [0.25, 0.3) is 0 Å². The normalized spacial score (nSPS) is 14.2. The second kappa shape index (κ2) is 44.0. The fourth-order valence-electron chi connectivity index (χ4n) is 6.46. The predicted molar refractivity (Wildman–Crippen MR) is 242 cm³/mol. The first-order chi connectivity index (χ1) is 28.8. The smallest absolute Gasteiger partial charge is 0.457 e. The Morgan fingerprint density at radius 1 is 0.475 bits per heavy atom. The van der Waals surface area contributed by atoms with Gasteiger partial charge in [0.15, 0.2) is 0 Å². The van der Waals surface area contributed by atoms with Crippen LogP contribution in [-0.4, -0.2) is 65.7 Å². The zero-order valence-electron chi connectivity index (χ0n) is 37.5. The largest absolute Gasteiger partial charge is 0.472 e. The van der Waals surface area contributed by atoms with Crippen molar-refractivity contribution in [3.05, 3.63) is 48.6 Å². The molecule has 0 radical (unpaired) electrons. The minimum atomic E-state index is -4.65. The number of ether oxygens (including phenoxy) is 2. The van der Waals surface area contributed by atoms with E-state index in [9.17, 15) is 29.3 Å². The van der Waals surface area contributed by atoms with Crippen LogP contribution in [0.15, 0.2) is 48.6 Å². The van der Waals surface area contributed by atoms with Gasteiger partial charge in [0, 0.05) is 12.8 Å². The molecule has 0 aliphatic heterocycles.